The van der Waals surface area contributed by atoms with E-state index in [-0.39, 0.29) is 0 Å². The van der Waals surface area contributed by atoms with Gasteiger partial charge in [-0.15, -0.1) is 11.3 Å². The zero-order chi connectivity index (χ0) is 22.8. The van der Waals surface area contributed by atoms with Crippen molar-refractivity contribution in [2.75, 3.05) is 6.54 Å². The van der Waals surface area contributed by atoms with Crippen LogP contribution in [0.2, 0.25) is 10.0 Å². The van der Waals surface area contributed by atoms with E-state index in [9.17, 15) is 5.26 Å². The summed E-state index contributed by atoms with van der Waals surface area (Å²) >= 11 is 13.7. The van der Waals surface area contributed by atoms with Crippen molar-refractivity contribution in [1.29, 1.82) is 5.26 Å². The summed E-state index contributed by atoms with van der Waals surface area (Å²) < 4.78 is 5.91. The van der Waals surface area contributed by atoms with Gasteiger partial charge in [-0.25, -0.2) is 4.99 Å². The molecule has 5 rings (SSSR count). The number of hydrogen-bond donors (Lipinski definition) is 0. The van der Waals surface area contributed by atoms with Gasteiger partial charge in [0, 0.05) is 30.1 Å². The molecule has 0 bridgehead atoms. The number of thiophene rings is 1. The van der Waals surface area contributed by atoms with Gasteiger partial charge in [0.1, 0.15) is 22.6 Å². The molecule has 4 nitrogen and oxygen atoms in total. The first-order chi connectivity index (χ1) is 16.1. The molecule has 0 spiro atoms. The van der Waals surface area contributed by atoms with Gasteiger partial charge < -0.3 is 4.42 Å². The Morgan fingerprint density at radius 1 is 1.09 bits per heavy atom. The van der Waals surface area contributed by atoms with Crippen LogP contribution in [-0.2, 0) is 19.5 Å². The third-order valence-electron chi connectivity index (χ3n) is 5.62. The average molecular weight is 492 g/mol. The average Bonchev–Trinajstić information content (AvgIpc) is 3.44. The maximum Gasteiger partial charge on any atom is 0.145 e. The molecule has 1 aliphatic heterocycles. The van der Waals surface area contributed by atoms with Gasteiger partial charge in [-0.3, -0.25) is 4.90 Å². The molecule has 164 valence electrons. The summed E-state index contributed by atoms with van der Waals surface area (Å²) in [7, 11) is 0. The fourth-order valence-electron chi connectivity index (χ4n) is 3.97. The number of fused-ring (bicyclic) bond motifs is 1. The third-order valence-corrected chi connectivity index (χ3v) is 7.48. The number of aliphatic imine (C=N–C) groups is 1. The lowest BCUT2D eigenvalue weighted by molar-refractivity contribution is 0.249. The van der Waals surface area contributed by atoms with Crippen molar-refractivity contribution in [3.05, 3.63) is 98.0 Å². The van der Waals surface area contributed by atoms with E-state index >= 15 is 0 Å². The summed E-state index contributed by atoms with van der Waals surface area (Å²) in [6.45, 7) is 2.67. The second-order valence-electron chi connectivity index (χ2n) is 7.83. The second kappa shape index (κ2) is 9.54. The first kappa shape index (κ1) is 21.9. The van der Waals surface area contributed by atoms with Gasteiger partial charge in [-0.2, -0.15) is 5.26 Å². The van der Waals surface area contributed by atoms with E-state index in [0.29, 0.717) is 27.1 Å². The second-order valence-corrected chi connectivity index (χ2v) is 9.73. The molecule has 0 saturated heterocycles. The number of halogens is 2. The fraction of sp³-hybridized carbons (Fsp3) is 0.154. The summed E-state index contributed by atoms with van der Waals surface area (Å²) in [5, 5.41) is 11.5. The maximum absolute atomic E-state index is 9.79. The first-order valence-electron chi connectivity index (χ1n) is 10.5. The SMILES string of the molecule is N#Cc1c(N=Cc2ccc(-c3ccc(Cl)c(Cl)c3)o2)sc2c1CCN(Cc1ccccc1)C2. The first-order valence-corrected chi connectivity index (χ1v) is 12.1. The number of rotatable bonds is 5. The lowest BCUT2D eigenvalue weighted by Gasteiger charge is -2.26. The predicted molar refractivity (Wildman–Crippen MR) is 135 cm³/mol. The van der Waals surface area contributed by atoms with E-state index < -0.39 is 0 Å². The van der Waals surface area contributed by atoms with Crippen LogP contribution in [0, 0.1) is 11.3 Å². The minimum Gasteiger partial charge on any atom is -0.455 e. The molecule has 0 aliphatic carbocycles. The van der Waals surface area contributed by atoms with Gasteiger partial charge in [-0.1, -0.05) is 53.5 Å². The van der Waals surface area contributed by atoms with E-state index in [2.05, 4.69) is 40.2 Å². The molecule has 0 N–H and O–H groups in total. The van der Waals surface area contributed by atoms with Crippen LogP contribution in [0.15, 0.2) is 70.1 Å². The van der Waals surface area contributed by atoms with Crippen molar-refractivity contribution in [3.8, 4) is 17.4 Å². The highest BCUT2D eigenvalue weighted by atomic mass is 35.5. The van der Waals surface area contributed by atoms with Gasteiger partial charge in [0.25, 0.3) is 0 Å². The maximum atomic E-state index is 9.79. The minimum atomic E-state index is 0.477. The third kappa shape index (κ3) is 4.75. The van der Waals surface area contributed by atoms with Crippen molar-refractivity contribution in [2.24, 2.45) is 4.99 Å². The molecular formula is C26H19Cl2N3OS. The zero-order valence-electron chi connectivity index (χ0n) is 17.6. The van der Waals surface area contributed by atoms with Crippen molar-refractivity contribution in [2.45, 2.75) is 19.5 Å². The summed E-state index contributed by atoms with van der Waals surface area (Å²) in [6.07, 6.45) is 2.53. The molecule has 1 aliphatic rings. The number of nitrogens with zero attached hydrogens (tertiary/aromatic N) is 3. The molecule has 3 heterocycles. The molecule has 2 aromatic heterocycles. The Bertz CT molecular complexity index is 1370. The highest BCUT2D eigenvalue weighted by molar-refractivity contribution is 7.16. The number of benzene rings is 2. The monoisotopic (exact) mass is 491 g/mol. The van der Waals surface area contributed by atoms with E-state index in [0.717, 1.165) is 42.2 Å². The van der Waals surface area contributed by atoms with Gasteiger partial charge in [-0.05, 0) is 47.9 Å². The van der Waals surface area contributed by atoms with Gasteiger partial charge in [0.2, 0.25) is 0 Å². The van der Waals surface area contributed by atoms with Crippen LogP contribution >= 0.6 is 34.5 Å². The fourth-order valence-corrected chi connectivity index (χ4v) is 5.46. The largest absolute Gasteiger partial charge is 0.455 e. The van der Waals surface area contributed by atoms with Crippen LogP contribution in [-0.4, -0.2) is 17.7 Å². The molecule has 0 atom stereocenters. The Morgan fingerprint density at radius 2 is 1.94 bits per heavy atom. The van der Waals surface area contributed by atoms with Crippen LogP contribution in [0.25, 0.3) is 11.3 Å². The van der Waals surface area contributed by atoms with Gasteiger partial charge in [0.05, 0.1) is 21.8 Å². The Hall–Kier alpha value is -2.88. The Kier molecular flexibility index (Phi) is 6.34. The van der Waals surface area contributed by atoms with Crippen molar-refractivity contribution >= 4 is 45.8 Å². The smallest absolute Gasteiger partial charge is 0.145 e. The summed E-state index contributed by atoms with van der Waals surface area (Å²) in [6, 6.07) is 21.9. The Morgan fingerprint density at radius 3 is 2.73 bits per heavy atom. The van der Waals surface area contributed by atoms with E-state index in [4.69, 9.17) is 27.6 Å². The van der Waals surface area contributed by atoms with Gasteiger partial charge in [0.15, 0.2) is 0 Å². The lowest BCUT2D eigenvalue weighted by atomic mass is 10.0. The number of furan rings is 1. The summed E-state index contributed by atoms with van der Waals surface area (Å²) in [4.78, 5) is 8.25. The molecule has 0 saturated carbocycles. The number of hydrogen-bond acceptors (Lipinski definition) is 5. The summed E-state index contributed by atoms with van der Waals surface area (Å²) in [5.41, 5.74) is 3.95. The standard InChI is InChI=1S/C26H19Cl2N3OS/c27-22-8-6-18(12-23(22)28)24-9-7-19(32-24)14-30-26-21(13-29)20-10-11-31(16-25(20)33-26)15-17-4-2-1-3-5-17/h1-9,12,14H,10-11,15-16H2. The molecule has 0 unspecified atom stereocenters. The van der Waals surface area contributed by atoms with Crippen molar-refractivity contribution in [3.63, 3.8) is 0 Å². The van der Waals surface area contributed by atoms with Crippen LogP contribution in [0.5, 0.6) is 0 Å². The van der Waals surface area contributed by atoms with Crippen LogP contribution in [0.4, 0.5) is 5.00 Å². The minimum absolute atomic E-state index is 0.477. The van der Waals surface area contributed by atoms with Crippen molar-refractivity contribution in [1.82, 2.24) is 4.90 Å². The Balaban J connectivity index is 1.34. The zero-order valence-corrected chi connectivity index (χ0v) is 19.9. The van der Waals surface area contributed by atoms with E-state index in [1.807, 2.05) is 24.3 Å². The molecular weight excluding hydrogens is 473 g/mol. The van der Waals surface area contributed by atoms with Crippen molar-refractivity contribution < 1.29 is 4.42 Å². The Labute approximate surface area is 206 Å². The van der Waals surface area contributed by atoms with Crippen LogP contribution in [0.3, 0.4) is 0 Å². The van der Waals surface area contributed by atoms with E-state index in [1.54, 1.807) is 29.7 Å². The lowest BCUT2D eigenvalue weighted by Crippen LogP contribution is -2.29. The summed E-state index contributed by atoms with van der Waals surface area (Å²) in [5.74, 6) is 1.29. The van der Waals surface area contributed by atoms with Crippen LogP contribution < -0.4 is 0 Å². The molecule has 2 aromatic carbocycles. The van der Waals surface area contributed by atoms with Crippen LogP contribution in [0.1, 0.15) is 27.3 Å². The molecule has 0 radical (unpaired) electrons. The number of nitriles is 1. The predicted octanol–water partition coefficient (Wildman–Crippen LogP) is 7.50. The molecule has 0 fully saturated rings. The van der Waals surface area contributed by atoms with Gasteiger partial charge >= 0.3 is 0 Å². The topological polar surface area (TPSA) is 52.5 Å². The highest BCUT2D eigenvalue weighted by Gasteiger charge is 2.24. The van der Waals surface area contributed by atoms with E-state index in [1.165, 1.54) is 10.4 Å². The molecule has 0 amide bonds. The molecule has 33 heavy (non-hydrogen) atoms. The molecule has 7 heteroatoms. The quantitative estimate of drug-likeness (QED) is 0.271. The normalized spacial score (nSPS) is 13.8. The highest BCUT2D eigenvalue weighted by Crippen LogP contribution is 2.39. The molecule has 4 aromatic rings.